The molecule has 0 amide bonds. The second kappa shape index (κ2) is 9.79. The molecule has 0 bridgehead atoms. The Labute approximate surface area is 211 Å². The van der Waals surface area contributed by atoms with Crippen LogP contribution in [0.3, 0.4) is 0 Å². The number of halogens is 2. The lowest BCUT2D eigenvalue weighted by atomic mass is 9.95. The highest BCUT2D eigenvalue weighted by atomic mass is 79.9. The third-order valence-corrected chi connectivity index (χ3v) is 7.45. The summed E-state index contributed by atoms with van der Waals surface area (Å²) in [7, 11) is 2.94. The smallest absolute Gasteiger partial charge is 0.338 e. The van der Waals surface area contributed by atoms with E-state index in [1.54, 1.807) is 11.7 Å². The molecule has 4 rings (SSSR count). The normalized spacial score (nSPS) is 15.8. The van der Waals surface area contributed by atoms with Gasteiger partial charge in [-0.2, -0.15) is 0 Å². The molecular formula is C24H20Br2N2O4S. The van der Waals surface area contributed by atoms with Crippen LogP contribution in [-0.2, 0) is 9.53 Å². The van der Waals surface area contributed by atoms with Crippen LogP contribution in [0.5, 0.6) is 5.75 Å². The molecule has 1 aliphatic rings. The molecule has 0 saturated heterocycles. The molecule has 33 heavy (non-hydrogen) atoms. The second-order valence-corrected chi connectivity index (χ2v) is 9.93. The number of aromatic nitrogens is 1. The Kier molecular flexibility index (Phi) is 7.02. The van der Waals surface area contributed by atoms with Crippen LogP contribution < -0.4 is 19.6 Å². The summed E-state index contributed by atoms with van der Waals surface area (Å²) >= 11 is 8.31. The summed E-state index contributed by atoms with van der Waals surface area (Å²) in [5, 5.41) is 0. The van der Waals surface area contributed by atoms with Crippen molar-refractivity contribution in [3.05, 3.63) is 93.5 Å². The van der Waals surface area contributed by atoms with Crippen LogP contribution in [0.15, 0.2) is 72.5 Å². The van der Waals surface area contributed by atoms with Crippen LogP contribution in [0, 0.1) is 0 Å². The van der Waals surface area contributed by atoms with E-state index in [9.17, 15) is 9.59 Å². The SMILES string of the molecule is CCC1=C(C(=O)OC)[C@H](c2ccccc2)n2c(s/c(=C\c3cc(Br)c(OC)c(Br)c3)c2=O)=N1. The van der Waals surface area contributed by atoms with Crippen molar-refractivity contribution in [2.45, 2.75) is 19.4 Å². The van der Waals surface area contributed by atoms with Crippen molar-refractivity contribution >= 4 is 55.2 Å². The van der Waals surface area contributed by atoms with E-state index in [0.717, 1.165) is 20.1 Å². The summed E-state index contributed by atoms with van der Waals surface area (Å²) in [6.45, 7) is 1.94. The molecule has 1 atom stereocenters. The summed E-state index contributed by atoms with van der Waals surface area (Å²) in [4.78, 5) is 31.6. The van der Waals surface area contributed by atoms with Crippen molar-refractivity contribution < 1.29 is 14.3 Å². The van der Waals surface area contributed by atoms with Gasteiger partial charge in [0.05, 0.1) is 45.0 Å². The van der Waals surface area contributed by atoms with Gasteiger partial charge in [-0.3, -0.25) is 9.36 Å². The van der Waals surface area contributed by atoms with Crippen LogP contribution in [-0.4, -0.2) is 24.8 Å². The first kappa shape index (κ1) is 23.7. The van der Waals surface area contributed by atoms with Crippen LogP contribution in [0.1, 0.15) is 30.5 Å². The largest absolute Gasteiger partial charge is 0.494 e. The number of carbonyl (C=O) groups excluding carboxylic acids is 1. The number of hydrogen-bond acceptors (Lipinski definition) is 6. The number of benzene rings is 2. The first-order valence-corrected chi connectivity index (χ1v) is 12.5. The van der Waals surface area contributed by atoms with Gasteiger partial charge < -0.3 is 9.47 Å². The van der Waals surface area contributed by atoms with E-state index in [2.05, 4.69) is 36.9 Å². The van der Waals surface area contributed by atoms with Crippen molar-refractivity contribution in [3.8, 4) is 5.75 Å². The molecule has 0 fully saturated rings. The summed E-state index contributed by atoms with van der Waals surface area (Å²) in [5.41, 5.74) is 2.44. The average Bonchev–Trinajstić information content (AvgIpc) is 3.12. The first-order chi connectivity index (χ1) is 15.9. The Morgan fingerprint density at radius 3 is 2.42 bits per heavy atom. The number of carbonyl (C=O) groups is 1. The van der Waals surface area contributed by atoms with Crippen LogP contribution >= 0.6 is 43.2 Å². The van der Waals surface area contributed by atoms with Crippen molar-refractivity contribution in [1.82, 2.24) is 4.57 Å². The van der Waals surface area contributed by atoms with Gasteiger partial charge in [-0.05, 0) is 67.6 Å². The molecule has 2 heterocycles. The fraction of sp³-hybridized carbons (Fsp3) is 0.208. The fourth-order valence-corrected chi connectivity index (χ4v) is 6.39. The van der Waals surface area contributed by atoms with Crippen molar-refractivity contribution in [1.29, 1.82) is 0 Å². The average molecular weight is 592 g/mol. The lowest BCUT2D eigenvalue weighted by Crippen LogP contribution is -2.40. The van der Waals surface area contributed by atoms with Gasteiger partial charge in [0, 0.05) is 0 Å². The van der Waals surface area contributed by atoms with Gasteiger partial charge in [0.25, 0.3) is 5.56 Å². The maximum absolute atomic E-state index is 13.6. The number of ether oxygens (including phenoxy) is 2. The molecule has 3 aromatic rings. The Balaban J connectivity index is 1.98. The molecule has 9 heteroatoms. The molecule has 0 N–H and O–H groups in total. The minimum atomic E-state index is -0.610. The van der Waals surface area contributed by atoms with E-state index in [0.29, 0.717) is 32.8 Å². The highest BCUT2D eigenvalue weighted by Crippen LogP contribution is 2.35. The number of fused-ring (bicyclic) bond motifs is 1. The second-order valence-electron chi connectivity index (χ2n) is 7.22. The quantitative estimate of drug-likeness (QED) is 0.414. The fourth-order valence-electron chi connectivity index (χ4n) is 3.82. The van der Waals surface area contributed by atoms with E-state index in [-0.39, 0.29) is 5.56 Å². The van der Waals surface area contributed by atoms with Crippen molar-refractivity contribution in [2.24, 2.45) is 4.99 Å². The number of hydrogen-bond donors (Lipinski definition) is 0. The molecule has 170 valence electrons. The van der Waals surface area contributed by atoms with E-state index < -0.39 is 12.0 Å². The topological polar surface area (TPSA) is 69.9 Å². The van der Waals surface area contributed by atoms with Gasteiger partial charge in [0.1, 0.15) is 5.75 Å². The lowest BCUT2D eigenvalue weighted by molar-refractivity contribution is -0.136. The molecule has 0 unspecified atom stereocenters. The Morgan fingerprint density at radius 2 is 1.85 bits per heavy atom. The lowest BCUT2D eigenvalue weighted by Gasteiger charge is -2.25. The van der Waals surface area contributed by atoms with Gasteiger partial charge in [-0.1, -0.05) is 48.6 Å². The Hall–Kier alpha value is -2.49. The minimum Gasteiger partial charge on any atom is -0.494 e. The summed E-state index contributed by atoms with van der Waals surface area (Å²) < 4.78 is 14.1. The Bertz CT molecular complexity index is 1420. The molecule has 0 spiro atoms. The first-order valence-electron chi connectivity index (χ1n) is 10.1. The standard InChI is InChI=1S/C24H20Br2N2O4S/c1-4-17-19(23(30)32-3)20(14-8-6-5-7-9-14)28-22(29)18(33-24(28)27-17)12-13-10-15(25)21(31-2)16(26)11-13/h5-12,20H,4H2,1-3H3/b18-12-/t20-/m0/s1. The predicted molar refractivity (Wildman–Crippen MR) is 135 cm³/mol. The highest BCUT2D eigenvalue weighted by molar-refractivity contribution is 9.11. The summed E-state index contributed by atoms with van der Waals surface area (Å²) in [6.07, 6.45) is 2.35. The predicted octanol–water partition coefficient (Wildman–Crippen LogP) is 4.33. The molecule has 0 aliphatic carbocycles. The molecular weight excluding hydrogens is 572 g/mol. The zero-order valence-electron chi connectivity index (χ0n) is 18.1. The van der Waals surface area contributed by atoms with Crippen LogP contribution in [0.2, 0.25) is 0 Å². The number of rotatable bonds is 5. The number of esters is 1. The molecule has 1 aliphatic heterocycles. The third kappa shape index (κ3) is 4.37. The number of thiazole rings is 1. The van der Waals surface area contributed by atoms with E-state index in [1.165, 1.54) is 18.4 Å². The van der Waals surface area contributed by atoms with Crippen LogP contribution in [0.25, 0.3) is 6.08 Å². The maximum atomic E-state index is 13.6. The van der Waals surface area contributed by atoms with E-state index >= 15 is 0 Å². The number of methoxy groups -OCH3 is 2. The highest BCUT2D eigenvalue weighted by Gasteiger charge is 2.33. The summed E-state index contributed by atoms with van der Waals surface area (Å²) in [5.74, 6) is 0.190. The molecule has 0 radical (unpaired) electrons. The van der Waals surface area contributed by atoms with Crippen molar-refractivity contribution in [3.63, 3.8) is 0 Å². The van der Waals surface area contributed by atoms with Crippen LogP contribution in [0.4, 0.5) is 0 Å². The monoisotopic (exact) mass is 590 g/mol. The minimum absolute atomic E-state index is 0.216. The van der Waals surface area contributed by atoms with Gasteiger partial charge in [-0.15, -0.1) is 0 Å². The summed E-state index contributed by atoms with van der Waals surface area (Å²) in [6, 6.07) is 12.6. The molecule has 1 aromatic heterocycles. The number of nitrogens with zero attached hydrogens (tertiary/aromatic N) is 2. The zero-order valence-corrected chi connectivity index (χ0v) is 22.1. The van der Waals surface area contributed by atoms with Gasteiger partial charge >= 0.3 is 5.97 Å². The van der Waals surface area contributed by atoms with E-state index in [1.807, 2.05) is 55.5 Å². The third-order valence-electron chi connectivity index (χ3n) is 5.29. The molecule has 0 saturated carbocycles. The van der Waals surface area contributed by atoms with Gasteiger partial charge in [0.15, 0.2) is 4.80 Å². The Morgan fingerprint density at radius 1 is 1.18 bits per heavy atom. The van der Waals surface area contributed by atoms with Crippen molar-refractivity contribution in [2.75, 3.05) is 14.2 Å². The molecule has 6 nitrogen and oxygen atoms in total. The maximum Gasteiger partial charge on any atom is 0.338 e. The zero-order chi connectivity index (χ0) is 23.7. The van der Waals surface area contributed by atoms with E-state index in [4.69, 9.17) is 9.47 Å². The van der Waals surface area contributed by atoms with Gasteiger partial charge in [-0.25, -0.2) is 9.79 Å². The molecule has 2 aromatic carbocycles. The number of allylic oxidation sites excluding steroid dienone is 1. The van der Waals surface area contributed by atoms with Gasteiger partial charge in [0.2, 0.25) is 0 Å².